The molecule has 2 N–H and O–H groups in total. The molecule has 1 aliphatic rings. The summed E-state index contributed by atoms with van der Waals surface area (Å²) in [6.45, 7) is 0. The Hall–Kier alpha value is -1.55. The lowest BCUT2D eigenvalue weighted by molar-refractivity contribution is -0.142. The molecule has 0 spiro atoms. The van der Waals surface area contributed by atoms with E-state index in [0.717, 1.165) is 11.3 Å². The van der Waals surface area contributed by atoms with E-state index in [2.05, 4.69) is 5.32 Å². The number of hydrogen-bond acceptors (Lipinski definition) is 4. The summed E-state index contributed by atoms with van der Waals surface area (Å²) in [7, 11) is 1.35. The molecule has 2 unspecified atom stereocenters. The zero-order valence-corrected chi connectivity index (χ0v) is 9.14. The first-order valence-electron chi connectivity index (χ1n) is 5.31. The summed E-state index contributed by atoms with van der Waals surface area (Å²) >= 11 is 0. The van der Waals surface area contributed by atoms with Crippen LogP contribution in [0.1, 0.15) is 12.0 Å². The lowest BCUT2D eigenvalue weighted by Crippen LogP contribution is -2.32. The minimum absolute atomic E-state index is 0.337. The SMILES string of the molecule is COC(=O)C1CC(O)Cc2ccccc2N1. The lowest BCUT2D eigenvalue weighted by Gasteiger charge is -2.16. The minimum atomic E-state index is -0.514. The Morgan fingerprint density at radius 2 is 2.25 bits per heavy atom. The maximum absolute atomic E-state index is 11.5. The fraction of sp³-hybridized carbons (Fsp3) is 0.417. The zero-order valence-electron chi connectivity index (χ0n) is 9.14. The normalized spacial score (nSPS) is 23.9. The van der Waals surface area contributed by atoms with Gasteiger partial charge in [-0.1, -0.05) is 18.2 Å². The number of aliphatic hydroxyl groups excluding tert-OH is 1. The number of benzene rings is 1. The lowest BCUT2D eigenvalue weighted by atomic mass is 10.0. The molecule has 0 saturated carbocycles. The van der Waals surface area contributed by atoms with Crippen LogP contribution in [0.5, 0.6) is 0 Å². The molecule has 0 radical (unpaired) electrons. The van der Waals surface area contributed by atoms with Gasteiger partial charge in [-0.2, -0.15) is 0 Å². The molecule has 1 aromatic carbocycles. The van der Waals surface area contributed by atoms with Crippen molar-refractivity contribution in [2.24, 2.45) is 0 Å². The number of ether oxygens (including phenoxy) is 1. The van der Waals surface area contributed by atoms with Crippen LogP contribution in [0, 0.1) is 0 Å². The number of para-hydroxylation sites is 1. The largest absolute Gasteiger partial charge is 0.467 e. The number of hydrogen-bond donors (Lipinski definition) is 2. The molecular formula is C12H15NO3. The van der Waals surface area contributed by atoms with Crippen molar-refractivity contribution >= 4 is 11.7 Å². The summed E-state index contributed by atoms with van der Waals surface area (Å²) in [5.41, 5.74) is 1.93. The molecule has 0 bridgehead atoms. The Kier molecular flexibility index (Phi) is 3.10. The van der Waals surface area contributed by atoms with Gasteiger partial charge in [0.05, 0.1) is 13.2 Å². The summed E-state index contributed by atoms with van der Waals surface area (Å²) in [4.78, 5) is 11.5. The molecule has 0 aliphatic carbocycles. The third-order valence-corrected chi connectivity index (χ3v) is 2.80. The number of aliphatic hydroxyl groups is 1. The second-order valence-electron chi connectivity index (χ2n) is 3.97. The number of carbonyl (C=O) groups is 1. The molecule has 0 amide bonds. The molecule has 4 heteroatoms. The Morgan fingerprint density at radius 1 is 1.50 bits per heavy atom. The molecule has 0 aromatic heterocycles. The average Bonchev–Trinajstić information content (AvgIpc) is 2.45. The topological polar surface area (TPSA) is 58.6 Å². The van der Waals surface area contributed by atoms with Crippen molar-refractivity contribution in [1.82, 2.24) is 0 Å². The predicted molar refractivity (Wildman–Crippen MR) is 60.2 cm³/mol. The van der Waals surface area contributed by atoms with Gasteiger partial charge in [0, 0.05) is 18.5 Å². The third-order valence-electron chi connectivity index (χ3n) is 2.80. The number of fused-ring (bicyclic) bond motifs is 1. The van der Waals surface area contributed by atoms with Crippen molar-refractivity contribution in [1.29, 1.82) is 0 Å². The third kappa shape index (κ3) is 2.17. The smallest absolute Gasteiger partial charge is 0.328 e. The van der Waals surface area contributed by atoms with E-state index in [-0.39, 0.29) is 5.97 Å². The fourth-order valence-electron chi connectivity index (χ4n) is 1.99. The van der Waals surface area contributed by atoms with E-state index in [4.69, 9.17) is 4.74 Å². The van der Waals surface area contributed by atoms with E-state index >= 15 is 0 Å². The van der Waals surface area contributed by atoms with Crippen LogP contribution in [0.25, 0.3) is 0 Å². The van der Waals surface area contributed by atoms with Gasteiger partial charge in [0.15, 0.2) is 0 Å². The summed E-state index contributed by atoms with van der Waals surface area (Å²) in [6.07, 6.45) is 0.429. The number of nitrogens with one attached hydrogen (secondary N) is 1. The second kappa shape index (κ2) is 4.53. The molecule has 86 valence electrons. The highest BCUT2D eigenvalue weighted by molar-refractivity contribution is 5.80. The van der Waals surface area contributed by atoms with E-state index in [9.17, 15) is 9.90 Å². The Morgan fingerprint density at radius 3 is 3.00 bits per heavy atom. The van der Waals surface area contributed by atoms with Crippen LogP contribution in [0.4, 0.5) is 5.69 Å². The summed E-state index contributed by atoms with van der Waals surface area (Å²) < 4.78 is 4.70. The van der Waals surface area contributed by atoms with Crippen LogP contribution in [0.3, 0.4) is 0 Å². The number of methoxy groups -OCH3 is 1. The molecular weight excluding hydrogens is 206 g/mol. The number of anilines is 1. The van der Waals surface area contributed by atoms with Gasteiger partial charge in [0.1, 0.15) is 6.04 Å². The van der Waals surface area contributed by atoms with Gasteiger partial charge in [0.25, 0.3) is 0 Å². The molecule has 16 heavy (non-hydrogen) atoms. The highest BCUT2D eigenvalue weighted by atomic mass is 16.5. The van der Waals surface area contributed by atoms with Crippen LogP contribution >= 0.6 is 0 Å². The van der Waals surface area contributed by atoms with Gasteiger partial charge in [-0.25, -0.2) is 4.79 Å². The van der Waals surface area contributed by atoms with Crippen molar-refractivity contribution in [3.8, 4) is 0 Å². The van der Waals surface area contributed by atoms with E-state index in [1.807, 2.05) is 24.3 Å². The van der Waals surface area contributed by atoms with Crippen molar-refractivity contribution in [3.63, 3.8) is 0 Å². The average molecular weight is 221 g/mol. The van der Waals surface area contributed by atoms with Crippen LogP contribution in [0.2, 0.25) is 0 Å². The summed E-state index contributed by atoms with van der Waals surface area (Å²) in [5.74, 6) is -0.337. The standard InChI is InChI=1S/C12H15NO3/c1-16-12(15)11-7-9(14)6-8-4-2-3-5-10(8)13-11/h2-5,9,11,13-14H,6-7H2,1H3. The van der Waals surface area contributed by atoms with E-state index in [1.54, 1.807) is 0 Å². The Balaban J connectivity index is 2.27. The predicted octanol–water partition coefficient (Wildman–Crippen LogP) is 0.947. The molecule has 1 aromatic rings. The first kappa shape index (κ1) is 11.0. The van der Waals surface area contributed by atoms with Crippen molar-refractivity contribution < 1.29 is 14.6 Å². The highest BCUT2D eigenvalue weighted by Crippen LogP contribution is 2.24. The molecule has 2 rings (SSSR count). The van der Waals surface area contributed by atoms with Gasteiger partial charge in [-0.05, 0) is 11.6 Å². The maximum atomic E-state index is 11.5. The van der Waals surface area contributed by atoms with Crippen LogP contribution < -0.4 is 5.32 Å². The molecule has 0 saturated heterocycles. The van der Waals surface area contributed by atoms with Crippen molar-refractivity contribution in [2.45, 2.75) is 25.0 Å². The van der Waals surface area contributed by atoms with Gasteiger partial charge < -0.3 is 15.2 Å². The molecule has 4 nitrogen and oxygen atoms in total. The maximum Gasteiger partial charge on any atom is 0.328 e. The van der Waals surface area contributed by atoms with Gasteiger partial charge in [0.2, 0.25) is 0 Å². The highest BCUT2D eigenvalue weighted by Gasteiger charge is 2.26. The van der Waals surface area contributed by atoms with E-state index in [1.165, 1.54) is 7.11 Å². The zero-order chi connectivity index (χ0) is 11.5. The fourth-order valence-corrected chi connectivity index (χ4v) is 1.99. The Bertz CT molecular complexity index is 392. The quantitative estimate of drug-likeness (QED) is 0.693. The van der Waals surface area contributed by atoms with E-state index < -0.39 is 12.1 Å². The van der Waals surface area contributed by atoms with Crippen LogP contribution in [-0.2, 0) is 16.0 Å². The number of carbonyl (C=O) groups excluding carboxylic acids is 1. The molecule has 1 heterocycles. The van der Waals surface area contributed by atoms with Crippen LogP contribution in [-0.4, -0.2) is 30.3 Å². The van der Waals surface area contributed by atoms with Crippen molar-refractivity contribution in [3.05, 3.63) is 29.8 Å². The van der Waals surface area contributed by atoms with Crippen molar-refractivity contribution in [2.75, 3.05) is 12.4 Å². The van der Waals surface area contributed by atoms with E-state index in [0.29, 0.717) is 12.8 Å². The first-order chi connectivity index (χ1) is 7.70. The molecule has 1 aliphatic heterocycles. The first-order valence-corrected chi connectivity index (χ1v) is 5.31. The van der Waals surface area contributed by atoms with Gasteiger partial charge in [-0.15, -0.1) is 0 Å². The number of esters is 1. The summed E-state index contributed by atoms with van der Waals surface area (Å²) in [6, 6.07) is 7.21. The number of rotatable bonds is 1. The van der Waals surface area contributed by atoms with Gasteiger partial charge in [-0.3, -0.25) is 0 Å². The van der Waals surface area contributed by atoms with Gasteiger partial charge >= 0.3 is 5.97 Å². The monoisotopic (exact) mass is 221 g/mol. The Labute approximate surface area is 94.2 Å². The minimum Gasteiger partial charge on any atom is -0.467 e. The molecule has 0 fully saturated rings. The molecule has 2 atom stereocenters. The summed E-state index contributed by atoms with van der Waals surface area (Å²) in [5, 5.41) is 12.9. The second-order valence-corrected chi connectivity index (χ2v) is 3.97. The van der Waals surface area contributed by atoms with Crippen LogP contribution in [0.15, 0.2) is 24.3 Å².